The molecule has 0 radical (unpaired) electrons. The van der Waals surface area contributed by atoms with Crippen LogP contribution in [0.2, 0.25) is 0 Å². The fourth-order valence-electron chi connectivity index (χ4n) is 3.24. The van der Waals surface area contributed by atoms with Crippen LogP contribution in [-0.4, -0.2) is 31.1 Å². The maximum absolute atomic E-state index is 11.9. The van der Waals surface area contributed by atoms with E-state index in [2.05, 4.69) is 10.6 Å². The lowest BCUT2D eigenvalue weighted by Gasteiger charge is -2.10. The van der Waals surface area contributed by atoms with Crippen LogP contribution in [0, 0.1) is 13.8 Å². The molecule has 152 valence electrons. The summed E-state index contributed by atoms with van der Waals surface area (Å²) in [6, 6.07) is 10.6. The molecule has 1 aliphatic carbocycles. The first-order chi connectivity index (χ1) is 13.9. The lowest BCUT2D eigenvalue weighted by Crippen LogP contribution is -2.37. The monoisotopic (exact) mass is 396 g/mol. The van der Waals surface area contributed by atoms with E-state index >= 15 is 0 Å². The molecule has 0 saturated heterocycles. The summed E-state index contributed by atoms with van der Waals surface area (Å²) in [7, 11) is 0. The highest BCUT2D eigenvalue weighted by Crippen LogP contribution is 2.26. The summed E-state index contributed by atoms with van der Waals surface area (Å²) in [6.45, 7) is 2.93. The number of nitrogens with one attached hydrogen (secondary N) is 2. The van der Waals surface area contributed by atoms with E-state index in [0.29, 0.717) is 11.4 Å². The van der Waals surface area contributed by atoms with Gasteiger partial charge in [0, 0.05) is 5.69 Å². The number of anilines is 1. The fourth-order valence-corrected chi connectivity index (χ4v) is 3.24. The zero-order chi connectivity index (χ0) is 20.8. The van der Waals surface area contributed by atoms with Gasteiger partial charge in [0.2, 0.25) is 0 Å². The molecule has 29 heavy (non-hydrogen) atoms. The lowest BCUT2D eigenvalue weighted by molar-refractivity contribution is -0.150. The maximum Gasteiger partial charge on any atom is 0.344 e. The molecular weight excluding hydrogens is 372 g/mol. The number of ether oxygens (including phenoxy) is 2. The predicted octanol–water partition coefficient (Wildman–Crippen LogP) is 3.06. The second-order valence-corrected chi connectivity index (χ2v) is 7.05. The summed E-state index contributed by atoms with van der Waals surface area (Å²) < 4.78 is 10.3. The summed E-state index contributed by atoms with van der Waals surface area (Å²) in [5, 5.41) is 4.71. The van der Waals surface area contributed by atoms with Crippen LogP contribution in [0.15, 0.2) is 36.4 Å². The van der Waals surface area contributed by atoms with E-state index in [1.54, 1.807) is 6.07 Å². The van der Waals surface area contributed by atoms with Gasteiger partial charge >= 0.3 is 12.0 Å². The zero-order valence-electron chi connectivity index (χ0n) is 16.5. The quantitative estimate of drug-likeness (QED) is 0.732. The normalized spacial score (nSPS) is 12.1. The smallest absolute Gasteiger partial charge is 0.344 e. The molecule has 0 aliphatic heterocycles. The largest absolute Gasteiger partial charge is 0.482 e. The highest BCUT2D eigenvalue weighted by Gasteiger charge is 2.14. The van der Waals surface area contributed by atoms with Gasteiger partial charge in [0.05, 0.1) is 0 Å². The number of benzene rings is 2. The SMILES string of the molecule is Cc1ccc(NC(=O)NC(=O)COC(=O)COc2ccc3c(c2)CCC3)c(C)c1. The number of imide groups is 1. The van der Waals surface area contributed by atoms with E-state index in [0.717, 1.165) is 30.4 Å². The minimum absolute atomic E-state index is 0.305. The molecule has 7 nitrogen and oxygen atoms in total. The molecule has 0 fully saturated rings. The van der Waals surface area contributed by atoms with Crippen molar-refractivity contribution in [1.29, 1.82) is 0 Å². The van der Waals surface area contributed by atoms with E-state index in [-0.39, 0.29) is 6.61 Å². The second kappa shape index (κ2) is 9.23. The minimum atomic E-state index is -0.724. The van der Waals surface area contributed by atoms with Gasteiger partial charge in [-0.05, 0) is 68.0 Å². The number of carbonyl (C=O) groups excluding carboxylic acids is 3. The molecule has 2 N–H and O–H groups in total. The van der Waals surface area contributed by atoms with E-state index in [1.807, 2.05) is 44.2 Å². The van der Waals surface area contributed by atoms with Gasteiger partial charge in [-0.25, -0.2) is 9.59 Å². The number of urea groups is 1. The van der Waals surface area contributed by atoms with Gasteiger partial charge in [-0.1, -0.05) is 23.8 Å². The maximum atomic E-state index is 11.9. The topological polar surface area (TPSA) is 93.7 Å². The minimum Gasteiger partial charge on any atom is -0.482 e. The Labute approximate surface area is 169 Å². The van der Waals surface area contributed by atoms with Crippen molar-refractivity contribution in [2.75, 3.05) is 18.5 Å². The molecule has 0 heterocycles. The highest BCUT2D eigenvalue weighted by molar-refractivity contribution is 6.02. The second-order valence-electron chi connectivity index (χ2n) is 7.05. The van der Waals surface area contributed by atoms with Gasteiger partial charge in [0.1, 0.15) is 5.75 Å². The fraction of sp³-hybridized carbons (Fsp3) is 0.318. The molecule has 7 heteroatoms. The van der Waals surface area contributed by atoms with E-state index in [9.17, 15) is 14.4 Å². The van der Waals surface area contributed by atoms with Gasteiger partial charge in [-0.15, -0.1) is 0 Å². The van der Waals surface area contributed by atoms with Crippen molar-refractivity contribution < 1.29 is 23.9 Å². The van der Waals surface area contributed by atoms with Gasteiger partial charge in [-0.2, -0.15) is 0 Å². The first-order valence-electron chi connectivity index (χ1n) is 9.49. The molecule has 0 bridgehead atoms. The first kappa shape index (κ1) is 20.4. The highest BCUT2D eigenvalue weighted by atomic mass is 16.6. The number of rotatable bonds is 6. The number of hydrogen-bond donors (Lipinski definition) is 2. The van der Waals surface area contributed by atoms with Crippen LogP contribution in [0.25, 0.3) is 0 Å². The molecular formula is C22H24N2O5. The van der Waals surface area contributed by atoms with Crippen molar-refractivity contribution in [3.05, 3.63) is 58.7 Å². The van der Waals surface area contributed by atoms with E-state index in [4.69, 9.17) is 9.47 Å². The van der Waals surface area contributed by atoms with Crippen LogP contribution in [-0.2, 0) is 27.2 Å². The average molecular weight is 396 g/mol. The number of esters is 1. The molecule has 0 spiro atoms. The summed E-state index contributed by atoms with van der Waals surface area (Å²) in [5.74, 6) is -0.812. The average Bonchev–Trinajstić information content (AvgIpc) is 3.14. The Morgan fingerprint density at radius 1 is 0.966 bits per heavy atom. The zero-order valence-corrected chi connectivity index (χ0v) is 16.5. The van der Waals surface area contributed by atoms with Crippen LogP contribution in [0.1, 0.15) is 28.7 Å². The Bertz CT molecular complexity index is 939. The van der Waals surface area contributed by atoms with Gasteiger partial charge in [0.25, 0.3) is 5.91 Å². The Morgan fingerprint density at radius 2 is 1.76 bits per heavy atom. The standard InChI is InChI=1S/C22H24N2O5/c1-14-6-9-19(15(2)10-14)23-22(27)24-20(25)12-29-21(26)13-28-18-8-7-16-4-3-5-17(16)11-18/h6-11H,3-5,12-13H2,1-2H3,(H2,23,24,25,27). The van der Waals surface area contributed by atoms with Crippen molar-refractivity contribution in [2.45, 2.75) is 33.1 Å². The Hall–Kier alpha value is -3.35. The van der Waals surface area contributed by atoms with Crippen LogP contribution in [0.5, 0.6) is 5.75 Å². The Morgan fingerprint density at radius 3 is 2.55 bits per heavy atom. The van der Waals surface area contributed by atoms with Crippen LogP contribution in [0.3, 0.4) is 0 Å². The van der Waals surface area contributed by atoms with Crippen LogP contribution < -0.4 is 15.4 Å². The Kier molecular flexibility index (Phi) is 6.49. The van der Waals surface area contributed by atoms with Gasteiger partial charge in [0.15, 0.2) is 13.2 Å². The molecule has 3 amide bonds. The van der Waals surface area contributed by atoms with E-state index < -0.39 is 24.5 Å². The van der Waals surface area contributed by atoms with Crippen molar-refractivity contribution >= 4 is 23.6 Å². The van der Waals surface area contributed by atoms with E-state index in [1.165, 1.54) is 11.1 Å². The summed E-state index contributed by atoms with van der Waals surface area (Å²) >= 11 is 0. The Balaban J connectivity index is 1.38. The van der Waals surface area contributed by atoms with Gasteiger partial charge < -0.3 is 14.8 Å². The first-order valence-corrected chi connectivity index (χ1v) is 9.49. The third-order valence-electron chi connectivity index (χ3n) is 4.67. The molecule has 0 atom stereocenters. The predicted molar refractivity (Wildman–Crippen MR) is 108 cm³/mol. The van der Waals surface area contributed by atoms with Gasteiger partial charge in [-0.3, -0.25) is 10.1 Å². The molecule has 3 rings (SSSR count). The summed E-state index contributed by atoms with van der Waals surface area (Å²) in [5.41, 5.74) is 5.10. The third kappa shape index (κ3) is 5.81. The summed E-state index contributed by atoms with van der Waals surface area (Å²) in [4.78, 5) is 35.5. The molecule has 2 aromatic rings. The van der Waals surface area contributed by atoms with Crippen molar-refractivity contribution in [3.63, 3.8) is 0 Å². The third-order valence-corrected chi connectivity index (χ3v) is 4.67. The van der Waals surface area contributed by atoms with Crippen molar-refractivity contribution in [3.8, 4) is 5.75 Å². The number of aryl methyl sites for hydroxylation is 4. The summed E-state index contributed by atoms with van der Waals surface area (Å²) in [6.07, 6.45) is 3.22. The van der Waals surface area contributed by atoms with Crippen molar-refractivity contribution in [1.82, 2.24) is 5.32 Å². The number of fused-ring (bicyclic) bond motifs is 1. The number of hydrogen-bond acceptors (Lipinski definition) is 5. The number of carbonyl (C=O) groups is 3. The lowest BCUT2D eigenvalue weighted by atomic mass is 10.1. The number of amides is 3. The molecule has 2 aromatic carbocycles. The van der Waals surface area contributed by atoms with Crippen molar-refractivity contribution in [2.24, 2.45) is 0 Å². The van der Waals surface area contributed by atoms with Crippen LogP contribution >= 0.6 is 0 Å². The molecule has 0 unspecified atom stereocenters. The van der Waals surface area contributed by atoms with Crippen LogP contribution in [0.4, 0.5) is 10.5 Å². The molecule has 0 aromatic heterocycles. The molecule has 0 saturated carbocycles. The molecule has 1 aliphatic rings.